The summed E-state index contributed by atoms with van der Waals surface area (Å²) in [6.45, 7) is 0. The molecular weight excluding hydrogens is 376 g/mol. The fraction of sp³-hybridized carbons (Fsp3) is 0.0833. The van der Waals surface area contributed by atoms with E-state index >= 15 is 0 Å². The van der Waals surface area contributed by atoms with Crippen molar-refractivity contribution in [2.45, 2.75) is 6.42 Å². The maximum Gasteiger partial charge on any atom is 0.222 e. The molecule has 0 spiro atoms. The van der Waals surface area contributed by atoms with Crippen LogP contribution in [0, 0.1) is 22.7 Å². The molecule has 0 aliphatic rings. The Labute approximate surface area is 173 Å². The van der Waals surface area contributed by atoms with E-state index in [4.69, 9.17) is 20.0 Å². The van der Waals surface area contributed by atoms with Crippen molar-refractivity contribution in [3.05, 3.63) is 89.4 Å². The van der Waals surface area contributed by atoms with Crippen LogP contribution < -0.4 is 9.47 Å². The first-order valence-electron chi connectivity index (χ1n) is 9.20. The molecule has 1 heterocycles. The van der Waals surface area contributed by atoms with Crippen LogP contribution in [-0.4, -0.2) is 17.1 Å². The number of hydrogen-bond acceptors (Lipinski definition) is 6. The van der Waals surface area contributed by atoms with E-state index in [0.29, 0.717) is 40.8 Å². The highest BCUT2D eigenvalue weighted by Crippen LogP contribution is 2.37. The van der Waals surface area contributed by atoms with E-state index in [1.54, 1.807) is 43.6 Å². The molecule has 4 aromatic rings. The Kier molecular flexibility index (Phi) is 5.23. The minimum atomic E-state index is 0.403. The molecule has 6 nitrogen and oxygen atoms in total. The van der Waals surface area contributed by atoms with Gasteiger partial charge in [0.15, 0.2) is 11.5 Å². The average Bonchev–Trinajstić information content (AvgIpc) is 2.79. The summed E-state index contributed by atoms with van der Waals surface area (Å²) in [6, 6.07) is 22.3. The van der Waals surface area contributed by atoms with Crippen LogP contribution in [0.25, 0.3) is 10.8 Å². The van der Waals surface area contributed by atoms with Crippen molar-refractivity contribution in [3.63, 3.8) is 0 Å². The Morgan fingerprint density at radius 1 is 0.900 bits per heavy atom. The molecule has 0 saturated carbocycles. The van der Waals surface area contributed by atoms with Gasteiger partial charge in [0.1, 0.15) is 5.82 Å². The summed E-state index contributed by atoms with van der Waals surface area (Å²) in [6.07, 6.45) is 2.17. The number of nitrogens with zero attached hydrogens (tertiary/aromatic N) is 4. The summed E-state index contributed by atoms with van der Waals surface area (Å²) in [5, 5.41) is 19.7. The van der Waals surface area contributed by atoms with Gasteiger partial charge in [-0.1, -0.05) is 18.2 Å². The van der Waals surface area contributed by atoms with Crippen LogP contribution in [0.5, 0.6) is 17.4 Å². The summed E-state index contributed by atoms with van der Waals surface area (Å²) < 4.78 is 11.6. The molecule has 0 bridgehead atoms. The first-order valence-corrected chi connectivity index (χ1v) is 9.20. The zero-order valence-corrected chi connectivity index (χ0v) is 16.2. The molecule has 0 unspecified atom stereocenters. The van der Waals surface area contributed by atoms with Crippen molar-refractivity contribution in [2.75, 3.05) is 7.11 Å². The van der Waals surface area contributed by atoms with Crippen LogP contribution in [-0.2, 0) is 6.42 Å². The number of ether oxygens (including phenoxy) is 2. The first kappa shape index (κ1) is 18.9. The maximum atomic E-state index is 9.10. The molecule has 0 aliphatic heterocycles. The third-order valence-electron chi connectivity index (χ3n) is 4.61. The van der Waals surface area contributed by atoms with E-state index in [1.807, 2.05) is 30.3 Å². The SMILES string of the molecule is COc1c(Oc2ccnc(Cc3ccc(C#N)cc3)n2)ccc2cc(C#N)ccc12. The number of fused-ring (bicyclic) bond motifs is 1. The van der Waals surface area contributed by atoms with Gasteiger partial charge in [-0.25, -0.2) is 4.98 Å². The van der Waals surface area contributed by atoms with E-state index in [2.05, 4.69) is 22.1 Å². The van der Waals surface area contributed by atoms with Crippen molar-refractivity contribution >= 4 is 10.8 Å². The van der Waals surface area contributed by atoms with Gasteiger partial charge in [0.25, 0.3) is 0 Å². The molecule has 0 fully saturated rings. The summed E-state index contributed by atoms with van der Waals surface area (Å²) in [5.74, 6) is 2.11. The number of methoxy groups -OCH3 is 1. The van der Waals surface area contributed by atoms with Crippen LogP contribution in [0.4, 0.5) is 0 Å². The van der Waals surface area contributed by atoms with Gasteiger partial charge in [0, 0.05) is 24.1 Å². The summed E-state index contributed by atoms with van der Waals surface area (Å²) in [5.41, 5.74) is 2.20. The second-order valence-corrected chi connectivity index (χ2v) is 6.54. The minimum Gasteiger partial charge on any atom is -0.492 e. The quantitative estimate of drug-likeness (QED) is 0.486. The fourth-order valence-electron chi connectivity index (χ4n) is 3.16. The van der Waals surface area contributed by atoms with Gasteiger partial charge in [-0.3, -0.25) is 0 Å². The zero-order chi connectivity index (χ0) is 20.9. The molecule has 144 valence electrons. The Morgan fingerprint density at radius 2 is 1.67 bits per heavy atom. The predicted octanol–water partition coefficient (Wildman–Crippen LogP) is 4.76. The van der Waals surface area contributed by atoms with Crippen molar-refractivity contribution in [1.82, 2.24) is 9.97 Å². The standard InChI is InChI=1S/C24H16N4O2/c1-29-24-20-8-6-18(15-26)12-19(20)7-9-21(24)30-23-10-11-27-22(28-23)13-16-2-4-17(14-25)5-3-16/h2-12H,13H2,1H3. The number of hydrogen-bond donors (Lipinski definition) is 0. The van der Waals surface area contributed by atoms with Gasteiger partial charge in [0.05, 0.1) is 30.4 Å². The van der Waals surface area contributed by atoms with Gasteiger partial charge in [0.2, 0.25) is 5.88 Å². The number of rotatable bonds is 5. The van der Waals surface area contributed by atoms with E-state index in [-0.39, 0.29) is 0 Å². The number of aromatic nitrogens is 2. The van der Waals surface area contributed by atoms with Gasteiger partial charge in [-0.2, -0.15) is 15.5 Å². The van der Waals surface area contributed by atoms with Crippen molar-refractivity contribution in [2.24, 2.45) is 0 Å². The summed E-state index contributed by atoms with van der Waals surface area (Å²) >= 11 is 0. The zero-order valence-electron chi connectivity index (χ0n) is 16.2. The lowest BCUT2D eigenvalue weighted by molar-refractivity contribution is 0.377. The Morgan fingerprint density at radius 3 is 2.40 bits per heavy atom. The average molecular weight is 392 g/mol. The second kappa shape index (κ2) is 8.30. The van der Waals surface area contributed by atoms with Crippen LogP contribution in [0.15, 0.2) is 66.9 Å². The highest BCUT2D eigenvalue weighted by molar-refractivity contribution is 5.91. The van der Waals surface area contributed by atoms with Gasteiger partial charge >= 0.3 is 0 Å². The Bertz CT molecular complexity index is 1300. The van der Waals surface area contributed by atoms with E-state index < -0.39 is 0 Å². The number of nitriles is 2. The fourth-order valence-corrected chi connectivity index (χ4v) is 3.16. The van der Waals surface area contributed by atoms with E-state index in [0.717, 1.165) is 16.3 Å². The van der Waals surface area contributed by atoms with Crippen molar-refractivity contribution in [1.29, 1.82) is 10.5 Å². The lowest BCUT2D eigenvalue weighted by atomic mass is 10.1. The molecule has 6 heteroatoms. The topological polar surface area (TPSA) is 91.8 Å². The first-order chi connectivity index (χ1) is 14.7. The third kappa shape index (κ3) is 3.89. The van der Waals surface area contributed by atoms with E-state index in [1.165, 1.54) is 0 Å². The van der Waals surface area contributed by atoms with Gasteiger partial charge < -0.3 is 9.47 Å². The normalized spacial score (nSPS) is 10.2. The molecule has 0 N–H and O–H groups in total. The number of benzene rings is 3. The van der Waals surface area contributed by atoms with Gasteiger partial charge in [-0.05, 0) is 47.3 Å². The van der Waals surface area contributed by atoms with Crippen molar-refractivity contribution < 1.29 is 9.47 Å². The molecule has 0 radical (unpaired) electrons. The lowest BCUT2D eigenvalue weighted by Crippen LogP contribution is -1.99. The molecule has 0 amide bonds. The lowest BCUT2D eigenvalue weighted by Gasteiger charge is -2.13. The summed E-state index contributed by atoms with van der Waals surface area (Å²) in [7, 11) is 1.58. The van der Waals surface area contributed by atoms with Crippen LogP contribution in [0.2, 0.25) is 0 Å². The van der Waals surface area contributed by atoms with Crippen LogP contribution in [0.1, 0.15) is 22.5 Å². The Hall–Kier alpha value is -4.42. The molecule has 0 atom stereocenters. The second-order valence-electron chi connectivity index (χ2n) is 6.54. The highest BCUT2D eigenvalue weighted by atomic mass is 16.5. The maximum absolute atomic E-state index is 9.10. The van der Waals surface area contributed by atoms with Gasteiger partial charge in [-0.15, -0.1) is 0 Å². The molecule has 1 aromatic heterocycles. The molecule has 0 saturated heterocycles. The van der Waals surface area contributed by atoms with Crippen LogP contribution in [0.3, 0.4) is 0 Å². The van der Waals surface area contributed by atoms with E-state index in [9.17, 15) is 0 Å². The molecular formula is C24H16N4O2. The molecule has 3 aromatic carbocycles. The monoisotopic (exact) mass is 392 g/mol. The third-order valence-corrected chi connectivity index (χ3v) is 4.61. The molecule has 4 rings (SSSR count). The predicted molar refractivity (Wildman–Crippen MR) is 111 cm³/mol. The summed E-state index contributed by atoms with van der Waals surface area (Å²) in [4.78, 5) is 8.80. The smallest absolute Gasteiger partial charge is 0.222 e. The molecule has 30 heavy (non-hydrogen) atoms. The Balaban J connectivity index is 1.61. The largest absolute Gasteiger partial charge is 0.492 e. The van der Waals surface area contributed by atoms with Crippen molar-refractivity contribution in [3.8, 4) is 29.5 Å². The highest BCUT2D eigenvalue weighted by Gasteiger charge is 2.12. The van der Waals surface area contributed by atoms with Crippen LogP contribution >= 0.6 is 0 Å². The minimum absolute atomic E-state index is 0.403. The molecule has 0 aliphatic carbocycles.